The summed E-state index contributed by atoms with van der Waals surface area (Å²) in [6.07, 6.45) is 1.34. The number of aryl methyl sites for hydroxylation is 1. The Labute approximate surface area is 189 Å². The van der Waals surface area contributed by atoms with Crippen molar-refractivity contribution in [1.29, 1.82) is 0 Å². The predicted octanol–water partition coefficient (Wildman–Crippen LogP) is 3.35. The topological polar surface area (TPSA) is 111 Å². The molecule has 1 amide bonds. The van der Waals surface area contributed by atoms with E-state index < -0.39 is 22.0 Å². The van der Waals surface area contributed by atoms with Crippen LogP contribution in [0.15, 0.2) is 47.4 Å². The van der Waals surface area contributed by atoms with Crippen molar-refractivity contribution in [3.8, 4) is 11.5 Å². The summed E-state index contributed by atoms with van der Waals surface area (Å²) >= 11 is 1.11. The van der Waals surface area contributed by atoms with Crippen LogP contribution < -0.4 is 14.8 Å². The Bertz CT molecular complexity index is 1290. The number of amides is 1. The molecule has 1 saturated heterocycles. The number of nitrogens with one attached hydrogen (secondary N) is 1. The summed E-state index contributed by atoms with van der Waals surface area (Å²) in [5, 5.41) is 11.6. The van der Waals surface area contributed by atoms with Crippen LogP contribution in [-0.2, 0) is 10.0 Å². The number of ether oxygens (including phenoxy) is 2. The lowest BCUT2D eigenvalue weighted by Gasteiger charge is -2.23. The van der Waals surface area contributed by atoms with Crippen LogP contribution in [0, 0.1) is 6.92 Å². The van der Waals surface area contributed by atoms with Gasteiger partial charge in [-0.1, -0.05) is 29.5 Å². The van der Waals surface area contributed by atoms with Crippen LogP contribution in [0.4, 0.5) is 5.69 Å². The van der Waals surface area contributed by atoms with Gasteiger partial charge in [-0.2, -0.15) is 4.31 Å². The van der Waals surface area contributed by atoms with Gasteiger partial charge in [0.1, 0.15) is 5.01 Å². The molecule has 2 aliphatic heterocycles. The fourth-order valence-corrected chi connectivity index (χ4v) is 6.71. The highest BCUT2D eigenvalue weighted by atomic mass is 32.2. The zero-order chi connectivity index (χ0) is 22.3. The normalized spacial score (nSPS) is 18.1. The minimum Gasteiger partial charge on any atom is -0.454 e. The highest BCUT2D eigenvalue weighted by Crippen LogP contribution is 2.38. The van der Waals surface area contributed by atoms with Crippen molar-refractivity contribution in [2.24, 2.45) is 0 Å². The second-order valence-electron chi connectivity index (χ2n) is 7.51. The van der Waals surface area contributed by atoms with Gasteiger partial charge in [-0.3, -0.25) is 4.79 Å². The Balaban J connectivity index is 1.35. The number of sulfonamides is 1. The van der Waals surface area contributed by atoms with E-state index in [-0.39, 0.29) is 16.7 Å². The van der Waals surface area contributed by atoms with E-state index in [2.05, 4.69) is 15.5 Å². The second-order valence-corrected chi connectivity index (χ2v) is 10.4. The molecule has 1 atom stereocenters. The van der Waals surface area contributed by atoms with E-state index in [9.17, 15) is 13.2 Å². The molecule has 11 heteroatoms. The maximum Gasteiger partial charge on any atom is 0.286 e. The summed E-state index contributed by atoms with van der Waals surface area (Å²) in [5.74, 6) is 0.764. The lowest BCUT2D eigenvalue weighted by atomic mass is 10.2. The molecular weight excluding hydrogens is 452 g/mol. The van der Waals surface area contributed by atoms with E-state index >= 15 is 0 Å². The average Bonchev–Trinajstić information content (AvgIpc) is 3.53. The number of hydrogen-bond donors (Lipinski definition) is 1. The molecule has 0 spiro atoms. The minimum absolute atomic E-state index is 0.149. The van der Waals surface area contributed by atoms with E-state index in [4.69, 9.17) is 9.47 Å². The minimum atomic E-state index is -3.69. The number of benzene rings is 2. The SMILES string of the molecule is Cc1ccccc1S(=O)(=O)N1CCCC1c1nnc(C(=O)Nc2ccc3c(c2)OCO3)s1. The van der Waals surface area contributed by atoms with Gasteiger partial charge in [-0.25, -0.2) is 8.42 Å². The highest BCUT2D eigenvalue weighted by Gasteiger charge is 2.39. The number of carbonyl (C=O) groups excluding carboxylic acids is 1. The van der Waals surface area contributed by atoms with Crippen LogP contribution in [0.2, 0.25) is 0 Å². The van der Waals surface area contributed by atoms with E-state index in [1.54, 1.807) is 43.3 Å². The Morgan fingerprint density at radius 1 is 1.16 bits per heavy atom. The summed E-state index contributed by atoms with van der Waals surface area (Å²) in [6.45, 7) is 2.33. The second kappa shape index (κ2) is 8.15. The zero-order valence-corrected chi connectivity index (χ0v) is 18.8. The smallest absolute Gasteiger partial charge is 0.286 e. The van der Waals surface area contributed by atoms with E-state index in [0.29, 0.717) is 47.1 Å². The Kier molecular flexibility index (Phi) is 5.31. The molecule has 1 unspecified atom stereocenters. The largest absolute Gasteiger partial charge is 0.454 e. The first-order valence-corrected chi connectivity index (χ1v) is 12.3. The van der Waals surface area contributed by atoms with Crippen molar-refractivity contribution >= 4 is 33.0 Å². The number of carbonyl (C=O) groups is 1. The van der Waals surface area contributed by atoms with Gasteiger partial charge < -0.3 is 14.8 Å². The van der Waals surface area contributed by atoms with Gasteiger partial charge in [0.2, 0.25) is 21.8 Å². The molecule has 0 bridgehead atoms. The lowest BCUT2D eigenvalue weighted by Crippen LogP contribution is -2.31. The van der Waals surface area contributed by atoms with Crippen molar-refractivity contribution in [3.63, 3.8) is 0 Å². The third-order valence-electron chi connectivity index (χ3n) is 5.43. The summed E-state index contributed by atoms with van der Waals surface area (Å²) in [5.41, 5.74) is 1.24. The number of hydrogen-bond acceptors (Lipinski definition) is 8. The average molecular weight is 473 g/mol. The Morgan fingerprint density at radius 3 is 2.81 bits per heavy atom. The molecule has 3 heterocycles. The van der Waals surface area contributed by atoms with Crippen LogP contribution >= 0.6 is 11.3 Å². The van der Waals surface area contributed by atoms with Crippen molar-refractivity contribution in [2.45, 2.75) is 30.7 Å². The molecule has 9 nitrogen and oxygen atoms in total. The summed E-state index contributed by atoms with van der Waals surface area (Å²) < 4.78 is 38.7. The maximum atomic E-state index is 13.3. The maximum absolute atomic E-state index is 13.3. The highest BCUT2D eigenvalue weighted by molar-refractivity contribution is 7.89. The summed E-state index contributed by atoms with van der Waals surface area (Å²) in [7, 11) is -3.69. The molecule has 5 rings (SSSR count). The van der Waals surface area contributed by atoms with Crippen LogP contribution in [0.1, 0.15) is 39.3 Å². The van der Waals surface area contributed by atoms with Gasteiger partial charge >= 0.3 is 0 Å². The molecule has 0 aliphatic carbocycles. The fourth-order valence-electron chi connectivity index (χ4n) is 3.87. The number of rotatable bonds is 5. The molecule has 3 aromatic rings. The van der Waals surface area contributed by atoms with Gasteiger partial charge in [-0.05, 0) is 43.5 Å². The van der Waals surface area contributed by atoms with Gasteiger partial charge in [0.05, 0.1) is 10.9 Å². The van der Waals surface area contributed by atoms with Gasteiger partial charge in [0.25, 0.3) is 5.91 Å². The van der Waals surface area contributed by atoms with Crippen LogP contribution in [0.5, 0.6) is 11.5 Å². The van der Waals surface area contributed by atoms with Crippen LogP contribution in [-0.4, -0.2) is 42.2 Å². The summed E-state index contributed by atoms with van der Waals surface area (Å²) in [4.78, 5) is 13.0. The predicted molar refractivity (Wildman–Crippen MR) is 117 cm³/mol. The molecule has 1 fully saturated rings. The van der Waals surface area contributed by atoms with Gasteiger partial charge in [-0.15, -0.1) is 10.2 Å². The number of nitrogens with zero attached hydrogens (tertiary/aromatic N) is 3. The van der Waals surface area contributed by atoms with E-state index in [1.807, 2.05) is 6.07 Å². The summed E-state index contributed by atoms with van der Waals surface area (Å²) in [6, 6.07) is 11.6. The standard InChI is InChI=1S/C21H20N4O5S2/c1-13-5-2-3-7-18(13)32(27,28)25-10-4-6-15(25)20-23-24-21(31-20)19(26)22-14-8-9-16-17(11-14)30-12-29-16/h2-3,5,7-9,11,15H,4,6,10,12H2,1H3,(H,22,26). The Hall–Kier alpha value is -3.02. The van der Waals surface area contributed by atoms with Crippen molar-refractivity contribution < 1.29 is 22.7 Å². The third-order valence-corrected chi connectivity index (χ3v) is 8.53. The number of aromatic nitrogens is 2. The molecule has 32 heavy (non-hydrogen) atoms. The first-order chi connectivity index (χ1) is 15.4. The molecule has 166 valence electrons. The van der Waals surface area contributed by atoms with Crippen LogP contribution in [0.25, 0.3) is 0 Å². The first-order valence-electron chi connectivity index (χ1n) is 10.1. The van der Waals surface area contributed by atoms with Gasteiger partial charge in [0.15, 0.2) is 11.5 Å². The van der Waals surface area contributed by atoms with E-state index in [0.717, 1.165) is 11.3 Å². The lowest BCUT2D eigenvalue weighted by molar-refractivity contribution is 0.102. The first kappa shape index (κ1) is 20.9. The molecule has 0 radical (unpaired) electrons. The number of fused-ring (bicyclic) bond motifs is 1. The molecule has 1 N–H and O–H groups in total. The molecule has 2 aliphatic rings. The number of anilines is 1. The van der Waals surface area contributed by atoms with Gasteiger partial charge in [0, 0.05) is 18.3 Å². The van der Waals surface area contributed by atoms with Crippen LogP contribution in [0.3, 0.4) is 0 Å². The van der Waals surface area contributed by atoms with E-state index in [1.165, 1.54) is 4.31 Å². The zero-order valence-electron chi connectivity index (χ0n) is 17.1. The van der Waals surface area contributed by atoms with Crippen molar-refractivity contribution in [1.82, 2.24) is 14.5 Å². The quantitative estimate of drug-likeness (QED) is 0.606. The molecule has 0 saturated carbocycles. The third kappa shape index (κ3) is 3.72. The Morgan fingerprint density at radius 2 is 1.97 bits per heavy atom. The molecule has 2 aromatic carbocycles. The fraction of sp³-hybridized carbons (Fsp3) is 0.286. The monoisotopic (exact) mass is 472 g/mol. The molecular formula is C21H20N4O5S2. The van der Waals surface area contributed by atoms with Crippen molar-refractivity contribution in [3.05, 3.63) is 58.0 Å². The molecule has 1 aromatic heterocycles. The van der Waals surface area contributed by atoms with Crippen molar-refractivity contribution in [2.75, 3.05) is 18.7 Å².